The van der Waals surface area contributed by atoms with Crippen molar-refractivity contribution in [3.8, 4) is 5.75 Å². The number of carboxylic acid groups (broad SMARTS) is 1. The van der Waals surface area contributed by atoms with Crippen LogP contribution in [0.5, 0.6) is 5.75 Å². The van der Waals surface area contributed by atoms with Gasteiger partial charge in [0.1, 0.15) is 5.75 Å². The highest BCUT2D eigenvalue weighted by molar-refractivity contribution is 5.82. The fourth-order valence-electron chi connectivity index (χ4n) is 2.69. The Labute approximate surface area is 131 Å². The van der Waals surface area contributed by atoms with Crippen LogP contribution in [0.1, 0.15) is 30.5 Å². The lowest BCUT2D eigenvalue weighted by Gasteiger charge is -2.27. The summed E-state index contributed by atoms with van der Waals surface area (Å²) < 4.78 is 5.35. The monoisotopic (exact) mass is 298 g/mol. The van der Waals surface area contributed by atoms with Gasteiger partial charge in [-0.25, -0.2) is 0 Å². The van der Waals surface area contributed by atoms with Gasteiger partial charge >= 0.3 is 5.97 Å². The van der Waals surface area contributed by atoms with Crippen molar-refractivity contribution in [3.63, 3.8) is 0 Å². The van der Waals surface area contributed by atoms with Gasteiger partial charge in [-0.15, -0.1) is 0 Å². The molecule has 0 fully saturated rings. The molecule has 2 aromatic rings. The van der Waals surface area contributed by atoms with Crippen LogP contribution in [0.25, 0.3) is 0 Å². The molecule has 0 saturated heterocycles. The fraction of sp³-hybridized carbons (Fsp3) is 0.316. The number of carbonyl (C=O) groups is 1. The van der Waals surface area contributed by atoms with E-state index >= 15 is 0 Å². The minimum absolute atomic E-state index is 0.423. The van der Waals surface area contributed by atoms with E-state index in [0.717, 1.165) is 12.0 Å². The summed E-state index contributed by atoms with van der Waals surface area (Å²) in [6.45, 7) is 3.85. The minimum atomic E-state index is -1.03. The van der Waals surface area contributed by atoms with Crippen LogP contribution < -0.4 is 4.74 Å². The van der Waals surface area contributed by atoms with Crippen LogP contribution in [0.4, 0.5) is 0 Å². The van der Waals surface area contributed by atoms with E-state index < -0.39 is 11.4 Å². The van der Waals surface area contributed by atoms with E-state index in [1.807, 2.05) is 30.3 Å². The molecule has 0 bridgehead atoms. The maximum Gasteiger partial charge on any atom is 0.314 e. The average Bonchev–Trinajstić information content (AvgIpc) is 2.55. The number of ether oxygens (including phenoxy) is 1. The summed E-state index contributed by atoms with van der Waals surface area (Å²) in [5.41, 5.74) is 1.93. The van der Waals surface area contributed by atoms with Crippen molar-refractivity contribution in [1.29, 1.82) is 0 Å². The van der Waals surface area contributed by atoms with Gasteiger partial charge in [-0.2, -0.15) is 0 Å². The molecule has 2 aromatic carbocycles. The van der Waals surface area contributed by atoms with E-state index in [4.69, 9.17) is 4.74 Å². The number of aryl methyl sites for hydroxylation is 1. The lowest BCUT2D eigenvalue weighted by atomic mass is 9.76. The highest BCUT2D eigenvalue weighted by atomic mass is 16.5. The molecule has 0 aromatic heterocycles. The Kier molecular flexibility index (Phi) is 4.86. The van der Waals surface area contributed by atoms with Crippen molar-refractivity contribution < 1.29 is 14.6 Å². The first-order valence-corrected chi connectivity index (χ1v) is 7.46. The molecule has 0 radical (unpaired) electrons. The normalized spacial score (nSPS) is 13.4. The minimum Gasteiger partial charge on any atom is -0.496 e. The van der Waals surface area contributed by atoms with E-state index in [1.54, 1.807) is 20.1 Å². The second-order valence-corrected chi connectivity index (χ2v) is 5.68. The summed E-state index contributed by atoms with van der Waals surface area (Å²) in [6.07, 6.45) is 1.40. The molecule has 1 atom stereocenters. The van der Waals surface area contributed by atoms with E-state index in [0.29, 0.717) is 17.7 Å². The summed E-state index contributed by atoms with van der Waals surface area (Å²) in [5, 5.41) is 9.81. The number of carboxylic acids is 1. The van der Waals surface area contributed by atoms with Crippen molar-refractivity contribution >= 4 is 5.97 Å². The zero-order valence-corrected chi connectivity index (χ0v) is 13.3. The Morgan fingerprint density at radius 3 is 2.23 bits per heavy atom. The van der Waals surface area contributed by atoms with E-state index in [2.05, 4.69) is 19.1 Å². The standard InChI is InChI=1S/C19H22O3/c1-4-14-9-11-15(12-10-14)13-19(2,18(20)21)16-7-5-6-8-17(16)22-3/h5-12H,4,13H2,1-3H3,(H,20,21). The van der Waals surface area contributed by atoms with Gasteiger partial charge in [0.15, 0.2) is 0 Å². The predicted octanol–water partition coefficient (Wildman–Crippen LogP) is 3.84. The van der Waals surface area contributed by atoms with E-state index in [-0.39, 0.29) is 0 Å². The van der Waals surface area contributed by atoms with Crippen LogP contribution in [-0.2, 0) is 23.1 Å². The second-order valence-electron chi connectivity index (χ2n) is 5.68. The zero-order chi connectivity index (χ0) is 16.2. The molecular formula is C19H22O3. The van der Waals surface area contributed by atoms with Crippen LogP contribution in [-0.4, -0.2) is 18.2 Å². The van der Waals surface area contributed by atoms with Gasteiger partial charge in [-0.3, -0.25) is 4.79 Å². The van der Waals surface area contributed by atoms with Crippen LogP contribution in [0, 0.1) is 0 Å². The summed E-state index contributed by atoms with van der Waals surface area (Å²) in [6, 6.07) is 15.5. The number of methoxy groups -OCH3 is 1. The summed E-state index contributed by atoms with van der Waals surface area (Å²) >= 11 is 0. The molecule has 3 heteroatoms. The maximum absolute atomic E-state index is 12.0. The Morgan fingerprint density at radius 2 is 1.68 bits per heavy atom. The summed E-state index contributed by atoms with van der Waals surface area (Å²) in [7, 11) is 1.57. The maximum atomic E-state index is 12.0. The topological polar surface area (TPSA) is 46.5 Å². The smallest absolute Gasteiger partial charge is 0.314 e. The van der Waals surface area contributed by atoms with Crippen molar-refractivity contribution in [1.82, 2.24) is 0 Å². The molecule has 0 spiro atoms. The van der Waals surface area contributed by atoms with Crippen LogP contribution in [0.2, 0.25) is 0 Å². The third-order valence-corrected chi connectivity index (χ3v) is 4.16. The van der Waals surface area contributed by atoms with Crippen molar-refractivity contribution in [2.24, 2.45) is 0 Å². The molecule has 0 amide bonds. The Hall–Kier alpha value is -2.29. The molecule has 116 valence electrons. The van der Waals surface area contributed by atoms with Crippen molar-refractivity contribution in [2.45, 2.75) is 32.1 Å². The highest BCUT2D eigenvalue weighted by Crippen LogP contribution is 2.35. The molecule has 3 nitrogen and oxygen atoms in total. The molecule has 0 aliphatic carbocycles. The van der Waals surface area contributed by atoms with Gasteiger partial charge in [0.05, 0.1) is 12.5 Å². The molecule has 0 heterocycles. The summed E-state index contributed by atoms with van der Waals surface area (Å²) in [4.78, 5) is 12.0. The first-order chi connectivity index (χ1) is 10.5. The van der Waals surface area contributed by atoms with Crippen molar-refractivity contribution in [3.05, 3.63) is 65.2 Å². The van der Waals surface area contributed by atoms with Gasteiger partial charge in [0, 0.05) is 5.56 Å². The number of benzene rings is 2. The largest absolute Gasteiger partial charge is 0.496 e. The second kappa shape index (κ2) is 6.65. The number of hydrogen-bond donors (Lipinski definition) is 1. The molecule has 1 unspecified atom stereocenters. The number of para-hydroxylation sites is 1. The molecule has 0 saturated carbocycles. The third-order valence-electron chi connectivity index (χ3n) is 4.16. The fourth-order valence-corrected chi connectivity index (χ4v) is 2.69. The lowest BCUT2D eigenvalue weighted by molar-refractivity contribution is -0.143. The Bertz CT molecular complexity index is 646. The number of rotatable bonds is 6. The van der Waals surface area contributed by atoms with Crippen LogP contribution in [0.3, 0.4) is 0 Å². The first-order valence-electron chi connectivity index (χ1n) is 7.46. The van der Waals surface area contributed by atoms with Crippen LogP contribution in [0.15, 0.2) is 48.5 Å². The molecule has 0 aliphatic heterocycles. The first kappa shape index (κ1) is 16.1. The average molecular weight is 298 g/mol. The predicted molar refractivity (Wildman–Crippen MR) is 87.5 cm³/mol. The zero-order valence-electron chi connectivity index (χ0n) is 13.3. The van der Waals surface area contributed by atoms with Crippen LogP contribution >= 0.6 is 0 Å². The quantitative estimate of drug-likeness (QED) is 0.881. The molecule has 1 N–H and O–H groups in total. The lowest BCUT2D eigenvalue weighted by Crippen LogP contribution is -2.35. The van der Waals surface area contributed by atoms with Gasteiger partial charge in [0.25, 0.3) is 0 Å². The van der Waals surface area contributed by atoms with Gasteiger partial charge in [-0.1, -0.05) is 49.4 Å². The highest BCUT2D eigenvalue weighted by Gasteiger charge is 2.37. The van der Waals surface area contributed by atoms with Gasteiger partial charge in [-0.05, 0) is 37.0 Å². The molecule has 22 heavy (non-hydrogen) atoms. The SMILES string of the molecule is CCc1ccc(CC(C)(C(=O)O)c2ccccc2OC)cc1. The summed E-state index contributed by atoms with van der Waals surface area (Å²) in [5.74, 6) is -0.242. The van der Waals surface area contributed by atoms with Crippen molar-refractivity contribution in [2.75, 3.05) is 7.11 Å². The third kappa shape index (κ3) is 3.14. The Balaban J connectivity index is 2.41. The number of aliphatic carboxylic acids is 1. The van der Waals surface area contributed by atoms with Gasteiger partial charge in [0.2, 0.25) is 0 Å². The Morgan fingerprint density at radius 1 is 1.09 bits per heavy atom. The molecule has 2 rings (SSSR count). The van der Waals surface area contributed by atoms with E-state index in [9.17, 15) is 9.90 Å². The molecule has 0 aliphatic rings. The molecular weight excluding hydrogens is 276 g/mol. The van der Waals surface area contributed by atoms with Gasteiger partial charge < -0.3 is 9.84 Å². The van der Waals surface area contributed by atoms with E-state index in [1.165, 1.54) is 5.56 Å². The number of hydrogen-bond acceptors (Lipinski definition) is 2.